The van der Waals surface area contributed by atoms with Crippen molar-refractivity contribution in [1.82, 2.24) is 4.72 Å². The zero-order valence-corrected chi connectivity index (χ0v) is 12.1. The minimum absolute atomic E-state index is 0.0950. The lowest BCUT2D eigenvalue weighted by molar-refractivity contribution is 0.245. The van der Waals surface area contributed by atoms with E-state index in [1.807, 2.05) is 6.07 Å². The van der Waals surface area contributed by atoms with Gasteiger partial charge in [-0.1, -0.05) is 6.07 Å². The summed E-state index contributed by atoms with van der Waals surface area (Å²) in [6, 6.07) is 6.46. The highest BCUT2D eigenvalue weighted by Gasteiger charge is 2.27. The van der Waals surface area contributed by atoms with Gasteiger partial charge in [0.1, 0.15) is 0 Å². The Labute approximate surface area is 113 Å². The van der Waals surface area contributed by atoms with Gasteiger partial charge in [0.25, 0.3) is 0 Å². The third-order valence-corrected chi connectivity index (χ3v) is 4.59. The van der Waals surface area contributed by atoms with Crippen molar-refractivity contribution in [1.29, 1.82) is 5.26 Å². The van der Waals surface area contributed by atoms with E-state index in [1.165, 1.54) is 6.07 Å². The van der Waals surface area contributed by atoms with Crippen LogP contribution in [-0.4, -0.2) is 25.7 Å². The largest absolute Gasteiger partial charge is 0.396 e. The quantitative estimate of drug-likeness (QED) is 0.852. The van der Waals surface area contributed by atoms with E-state index in [0.717, 1.165) is 0 Å². The maximum atomic E-state index is 12.3. The molecule has 0 aliphatic carbocycles. The molecule has 0 amide bonds. The third-order valence-electron chi connectivity index (χ3n) is 2.75. The lowest BCUT2D eigenvalue weighted by atomic mass is 10.0. The van der Waals surface area contributed by atoms with Crippen molar-refractivity contribution in [3.05, 3.63) is 29.3 Å². The number of nitriles is 1. The molecule has 0 aliphatic heterocycles. The van der Waals surface area contributed by atoms with Crippen molar-refractivity contribution in [2.24, 2.45) is 0 Å². The molecule has 0 saturated carbocycles. The predicted octanol–water partition coefficient (Wildman–Crippen LogP) is 1.31. The Bertz CT molecular complexity index is 601. The molecule has 0 fully saturated rings. The molecule has 2 N–H and O–H groups in total. The highest BCUT2D eigenvalue weighted by atomic mass is 32.2. The van der Waals surface area contributed by atoms with Gasteiger partial charge in [-0.25, -0.2) is 13.1 Å². The molecule has 1 rings (SSSR count). The molecule has 0 bridgehead atoms. The van der Waals surface area contributed by atoms with Crippen LogP contribution in [0.2, 0.25) is 0 Å². The van der Waals surface area contributed by atoms with Gasteiger partial charge < -0.3 is 5.11 Å². The van der Waals surface area contributed by atoms with Crippen LogP contribution >= 0.6 is 0 Å². The number of hydrogen-bond acceptors (Lipinski definition) is 4. The summed E-state index contributed by atoms with van der Waals surface area (Å²) in [5, 5.41) is 17.8. The Morgan fingerprint density at radius 2 is 2.05 bits per heavy atom. The van der Waals surface area contributed by atoms with E-state index in [-0.39, 0.29) is 11.5 Å². The van der Waals surface area contributed by atoms with Crippen molar-refractivity contribution in [2.75, 3.05) is 6.61 Å². The van der Waals surface area contributed by atoms with Gasteiger partial charge in [0, 0.05) is 12.1 Å². The fraction of sp³-hybridized carbons (Fsp3) is 0.462. The maximum Gasteiger partial charge on any atom is 0.241 e. The summed E-state index contributed by atoms with van der Waals surface area (Å²) in [7, 11) is -3.72. The number of aliphatic hydroxyl groups excluding tert-OH is 1. The van der Waals surface area contributed by atoms with Gasteiger partial charge in [-0.2, -0.15) is 5.26 Å². The summed E-state index contributed by atoms with van der Waals surface area (Å²) >= 11 is 0. The summed E-state index contributed by atoms with van der Waals surface area (Å²) < 4.78 is 27.2. The zero-order valence-electron chi connectivity index (χ0n) is 11.3. The first-order chi connectivity index (χ1) is 8.72. The first kappa shape index (κ1) is 15.6. The summed E-state index contributed by atoms with van der Waals surface area (Å²) in [5.41, 5.74) is 0.125. The fourth-order valence-electron chi connectivity index (χ4n) is 1.71. The number of nitrogens with zero attached hydrogens (tertiary/aromatic N) is 1. The molecule has 1 aromatic rings. The molecule has 0 spiro atoms. The number of nitrogens with one attached hydrogen (secondary N) is 1. The first-order valence-electron chi connectivity index (χ1n) is 5.87. The molecule has 0 aromatic heterocycles. The van der Waals surface area contributed by atoms with Crippen LogP contribution in [0.15, 0.2) is 23.1 Å². The van der Waals surface area contributed by atoms with E-state index >= 15 is 0 Å². The molecule has 0 radical (unpaired) electrons. The number of aliphatic hydroxyl groups is 1. The molecule has 0 unspecified atom stereocenters. The van der Waals surface area contributed by atoms with Crippen LogP contribution in [-0.2, 0) is 10.0 Å². The maximum absolute atomic E-state index is 12.3. The van der Waals surface area contributed by atoms with Gasteiger partial charge in [-0.15, -0.1) is 0 Å². The minimum atomic E-state index is -3.72. The number of sulfonamides is 1. The predicted molar refractivity (Wildman–Crippen MR) is 72.0 cm³/mol. The van der Waals surface area contributed by atoms with E-state index in [0.29, 0.717) is 17.5 Å². The van der Waals surface area contributed by atoms with Gasteiger partial charge >= 0.3 is 0 Å². The third kappa shape index (κ3) is 4.03. The molecule has 0 saturated heterocycles. The normalized spacial score (nSPS) is 12.2. The monoisotopic (exact) mass is 282 g/mol. The van der Waals surface area contributed by atoms with Crippen molar-refractivity contribution in [3.63, 3.8) is 0 Å². The zero-order chi connectivity index (χ0) is 14.7. The van der Waals surface area contributed by atoms with E-state index in [9.17, 15) is 8.42 Å². The van der Waals surface area contributed by atoms with Crippen molar-refractivity contribution < 1.29 is 13.5 Å². The van der Waals surface area contributed by atoms with Crippen LogP contribution in [0.4, 0.5) is 0 Å². The summed E-state index contributed by atoms with van der Waals surface area (Å²) in [6.07, 6.45) is 0.309. The second-order valence-corrected chi connectivity index (χ2v) is 6.71. The second-order valence-electron chi connectivity index (χ2n) is 5.06. The van der Waals surface area contributed by atoms with Crippen LogP contribution < -0.4 is 4.72 Å². The van der Waals surface area contributed by atoms with E-state index in [4.69, 9.17) is 10.4 Å². The number of rotatable bonds is 5. The lowest BCUT2D eigenvalue weighted by Gasteiger charge is -2.25. The Kier molecular flexibility index (Phi) is 4.69. The molecule has 5 nitrogen and oxygen atoms in total. The molecule has 0 heterocycles. The highest BCUT2D eigenvalue weighted by Crippen LogP contribution is 2.20. The first-order valence-corrected chi connectivity index (χ1v) is 7.36. The lowest BCUT2D eigenvalue weighted by Crippen LogP contribution is -2.44. The summed E-state index contributed by atoms with van der Waals surface area (Å²) in [6.45, 7) is 4.97. The Balaban J connectivity index is 3.18. The average Bonchev–Trinajstić information content (AvgIpc) is 2.27. The smallest absolute Gasteiger partial charge is 0.241 e. The molecule has 6 heteroatoms. The second kappa shape index (κ2) is 5.70. The van der Waals surface area contributed by atoms with Gasteiger partial charge in [-0.05, 0) is 44.9 Å². The van der Waals surface area contributed by atoms with E-state index in [1.54, 1.807) is 32.9 Å². The molecule has 0 aliphatic rings. The SMILES string of the molecule is Cc1ccc(C#N)cc1S(=O)(=O)NC(C)(C)CCO. The van der Waals surface area contributed by atoms with Crippen molar-refractivity contribution >= 4 is 10.0 Å². The van der Waals surface area contributed by atoms with Gasteiger partial charge in [0.05, 0.1) is 16.5 Å². The van der Waals surface area contributed by atoms with Crippen molar-refractivity contribution in [3.8, 4) is 6.07 Å². The Morgan fingerprint density at radius 3 is 2.58 bits per heavy atom. The van der Waals surface area contributed by atoms with Crippen LogP contribution in [0.1, 0.15) is 31.4 Å². The number of hydrogen-bond donors (Lipinski definition) is 2. The molecule has 0 atom stereocenters. The standard InChI is InChI=1S/C13H18N2O3S/c1-10-4-5-11(9-14)8-12(10)19(17,18)15-13(2,3)6-7-16/h4-5,8,15-16H,6-7H2,1-3H3. The van der Waals surface area contributed by atoms with Crippen LogP contribution in [0.25, 0.3) is 0 Å². The number of benzene rings is 1. The van der Waals surface area contributed by atoms with Crippen molar-refractivity contribution in [2.45, 2.75) is 37.6 Å². The Hall–Kier alpha value is -1.42. The highest BCUT2D eigenvalue weighted by molar-refractivity contribution is 7.89. The topological polar surface area (TPSA) is 90.2 Å². The van der Waals surface area contributed by atoms with Gasteiger partial charge in [0.15, 0.2) is 0 Å². The van der Waals surface area contributed by atoms with E-state index in [2.05, 4.69) is 4.72 Å². The molecule has 19 heavy (non-hydrogen) atoms. The fourth-order valence-corrected chi connectivity index (χ4v) is 3.42. The van der Waals surface area contributed by atoms with E-state index < -0.39 is 15.6 Å². The van der Waals surface area contributed by atoms with Crippen LogP contribution in [0.5, 0.6) is 0 Å². The molecular weight excluding hydrogens is 264 g/mol. The average molecular weight is 282 g/mol. The van der Waals surface area contributed by atoms with Crippen LogP contribution in [0.3, 0.4) is 0 Å². The summed E-state index contributed by atoms with van der Waals surface area (Å²) in [4.78, 5) is 0.0950. The van der Waals surface area contributed by atoms with Gasteiger partial charge in [0.2, 0.25) is 10.0 Å². The molecule has 1 aromatic carbocycles. The molecule has 104 valence electrons. The molecular formula is C13H18N2O3S. The Morgan fingerprint density at radius 1 is 1.42 bits per heavy atom. The number of aryl methyl sites for hydroxylation is 1. The minimum Gasteiger partial charge on any atom is -0.396 e. The van der Waals surface area contributed by atoms with Crippen LogP contribution in [0, 0.1) is 18.3 Å². The van der Waals surface area contributed by atoms with Gasteiger partial charge in [-0.3, -0.25) is 0 Å². The summed E-state index contributed by atoms with van der Waals surface area (Å²) in [5.74, 6) is 0.